The van der Waals surface area contributed by atoms with Gasteiger partial charge in [0.05, 0.1) is 16.6 Å². The number of aromatic nitrogens is 2. The fraction of sp³-hybridized carbons (Fsp3) is 0.0435. The van der Waals surface area contributed by atoms with Gasteiger partial charge in [-0.25, -0.2) is 9.59 Å². The standard InChI is InChI=1S/C23H14N2O4/c26-21-12-16(22-17-4-2-1-3-14(17)6-8-20(22)29-21)13-28-23(27)15-5-7-18-19(11-15)25-10-9-24-18/h1-12H,13H2. The number of hydrogen-bond acceptors (Lipinski definition) is 6. The smallest absolute Gasteiger partial charge is 0.338 e. The number of benzene rings is 3. The lowest BCUT2D eigenvalue weighted by molar-refractivity contribution is 0.0474. The number of carbonyl (C=O) groups excluding carboxylic acids is 1. The maximum Gasteiger partial charge on any atom is 0.338 e. The van der Waals surface area contributed by atoms with Crippen LogP contribution in [0.3, 0.4) is 0 Å². The van der Waals surface area contributed by atoms with Gasteiger partial charge < -0.3 is 9.15 Å². The van der Waals surface area contributed by atoms with Crippen LogP contribution in [0.15, 0.2) is 82.3 Å². The molecule has 2 heterocycles. The third kappa shape index (κ3) is 3.10. The fourth-order valence-corrected chi connectivity index (χ4v) is 3.45. The second-order valence-electron chi connectivity index (χ2n) is 6.59. The van der Waals surface area contributed by atoms with E-state index in [9.17, 15) is 9.59 Å². The third-order valence-corrected chi connectivity index (χ3v) is 4.78. The average molecular weight is 382 g/mol. The number of esters is 1. The van der Waals surface area contributed by atoms with Gasteiger partial charge in [0.15, 0.2) is 0 Å². The summed E-state index contributed by atoms with van der Waals surface area (Å²) in [5.41, 5.74) is 2.25. The van der Waals surface area contributed by atoms with Crippen molar-refractivity contribution in [3.63, 3.8) is 0 Å². The SMILES string of the molecule is O=C(OCc1cc(=O)oc2ccc3ccccc3c12)c1ccc2nccnc2c1. The largest absolute Gasteiger partial charge is 0.457 e. The number of nitrogens with zero attached hydrogens (tertiary/aromatic N) is 2. The van der Waals surface area contributed by atoms with Gasteiger partial charge in [-0.15, -0.1) is 0 Å². The van der Waals surface area contributed by atoms with Crippen molar-refractivity contribution >= 4 is 38.7 Å². The van der Waals surface area contributed by atoms with Crippen LogP contribution in [0.1, 0.15) is 15.9 Å². The topological polar surface area (TPSA) is 82.3 Å². The van der Waals surface area contributed by atoms with Crippen molar-refractivity contribution in [1.82, 2.24) is 9.97 Å². The Morgan fingerprint density at radius 3 is 2.66 bits per heavy atom. The van der Waals surface area contributed by atoms with E-state index in [-0.39, 0.29) is 6.61 Å². The lowest BCUT2D eigenvalue weighted by Gasteiger charge is -2.10. The van der Waals surface area contributed by atoms with E-state index >= 15 is 0 Å². The van der Waals surface area contributed by atoms with Crippen LogP contribution in [0.2, 0.25) is 0 Å². The predicted octanol–water partition coefficient (Wildman–Crippen LogP) is 4.25. The second-order valence-corrected chi connectivity index (χ2v) is 6.59. The van der Waals surface area contributed by atoms with Crippen LogP contribution in [0.5, 0.6) is 0 Å². The summed E-state index contributed by atoms with van der Waals surface area (Å²) in [5, 5.41) is 2.70. The molecular formula is C23H14N2O4. The Morgan fingerprint density at radius 2 is 1.76 bits per heavy atom. The van der Waals surface area contributed by atoms with Gasteiger partial charge in [-0.05, 0) is 35.0 Å². The monoisotopic (exact) mass is 382 g/mol. The minimum absolute atomic E-state index is 0.0482. The maximum atomic E-state index is 12.6. The van der Waals surface area contributed by atoms with Gasteiger partial charge in [-0.3, -0.25) is 9.97 Å². The molecule has 0 N–H and O–H groups in total. The van der Waals surface area contributed by atoms with Crippen molar-refractivity contribution in [2.75, 3.05) is 0 Å². The quantitative estimate of drug-likeness (QED) is 0.264. The molecule has 0 radical (unpaired) electrons. The molecule has 0 aliphatic rings. The summed E-state index contributed by atoms with van der Waals surface area (Å²) < 4.78 is 10.8. The molecule has 140 valence electrons. The molecule has 0 spiro atoms. The molecule has 0 saturated heterocycles. The predicted molar refractivity (Wildman–Crippen MR) is 109 cm³/mol. The molecule has 0 bridgehead atoms. The van der Waals surface area contributed by atoms with Crippen LogP contribution in [0.4, 0.5) is 0 Å². The van der Waals surface area contributed by atoms with E-state index in [1.54, 1.807) is 36.7 Å². The Kier molecular flexibility index (Phi) is 4.02. The van der Waals surface area contributed by atoms with Crippen molar-refractivity contribution in [3.8, 4) is 0 Å². The first kappa shape index (κ1) is 17.1. The van der Waals surface area contributed by atoms with Gasteiger partial charge in [-0.1, -0.05) is 30.3 Å². The highest BCUT2D eigenvalue weighted by Gasteiger charge is 2.13. The summed E-state index contributed by atoms with van der Waals surface area (Å²) in [4.78, 5) is 32.9. The highest BCUT2D eigenvalue weighted by atomic mass is 16.5. The van der Waals surface area contributed by atoms with Crippen LogP contribution >= 0.6 is 0 Å². The molecule has 5 rings (SSSR count). The second kappa shape index (κ2) is 6.83. The summed E-state index contributed by atoms with van der Waals surface area (Å²) in [5.74, 6) is -0.501. The molecule has 6 heteroatoms. The first-order chi connectivity index (χ1) is 14.2. The van der Waals surface area contributed by atoms with E-state index < -0.39 is 11.6 Å². The van der Waals surface area contributed by atoms with Gasteiger partial charge in [0.2, 0.25) is 0 Å². The summed E-state index contributed by atoms with van der Waals surface area (Å²) in [6, 6.07) is 17.8. The number of fused-ring (bicyclic) bond motifs is 4. The molecule has 0 fully saturated rings. The van der Waals surface area contributed by atoms with Crippen LogP contribution in [-0.2, 0) is 11.3 Å². The molecule has 0 aliphatic heterocycles. The Bertz CT molecular complexity index is 1460. The number of hydrogen-bond donors (Lipinski definition) is 0. The highest BCUT2D eigenvalue weighted by molar-refractivity contribution is 6.07. The minimum atomic E-state index is -0.501. The molecule has 0 unspecified atom stereocenters. The van der Waals surface area contributed by atoms with E-state index in [1.165, 1.54) is 6.07 Å². The molecule has 0 atom stereocenters. The average Bonchev–Trinajstić information content (AvgIpc) is 2.76. The zero-order valence-corrected chi connectivity index (χ0v) is 15.2. The lowest BCUT2D eigenvalue weighted by Crippen LogP contribution is -2.08. The van der Waals surface area contributed by atoms with Gasteiger partial charge >= 0.3 is 11.6 Å². The van der Waals surface area contributed by atoms with Crippen molar-refractivity contribution in [3.05, 3.63) is 94.6 Å². The van der Waals surface area contributed by atoms with Crippen molar-refractivity contribution in [2.45, 2.75) is 6.61 Å². The molecule has 29 heavy (non-hydrogen) atoms. The summed E-state index contributed by atoms with van der Waals surface area (Å²) in [7, 11) is 0. The van der Waals surface area contributed by atoms with Crippen LogP contribution < -0.4 is 5.63 Å². The molecule has 0 amide bonds. The van der Waals surface area contributed by atoms with Gasteiger partial charge in [0.25, 0.3) is 0 Å². The summed E-state index contributed by atoms with van der Waals surface area (Å²) in [6.45, 7) is -0.0482. The van der Waals surface area contributed by atoms with E-state index in [4.69, 9.17) is 9.15 Å². The third-order valence-electron chi connectivity index (χ3n) is 4.78. The molecule has 2 aromatic heterocycles. The summed E-state index contributed by atoms with van der Waals surface area (Å²) >= 11 is 0. The molecule has 3 aromatic carbocycles. The maximum absolute atomic E-state index is 12.6. The van der Waals surface area contributed by atoms with E-state index in [1.807, 2.05) is 30.3 Å². The first-order valence-electron chi connectivity index (χ1n) is 9.01. The summed E-state index contributed by atoms with van der Waals surface area (Å²) in [6.07, 6.45) is 3.16. The van der Waals surface area contributed by atoms with E-state index in [2.05, 4.69) is 9.97 Å². The normalized spacial score (nSPS) is 11.2. The van der Waals surface area contributed by atoms with Gasteiger partial charge in [0.1, 0.15) is 12.2 Å². The van der Waals surface area contributed by atoms with E-state index in [0.717, 1.165) is 16.2 Å². The number of rotatable bonds is 3. The Labute approximate surface area is 164 Å². The zero-order valence-electron chi connectivity index (χ0n) is 15.2. The van der Waals surface area contributed by atoms with Crippen LogP contribution in [0, 0.1) is 0 Å². The minimum Gasteiger partial charge on any atom is -0.457 e. The van der Waals surface area contributed by atoms with Gasteiger partial charge in [0, 0.05) is 29.4 Å². The molecule has 0 saturated carbocycles. The Hall–Kier alpha value is -4.06. The van der Waals surface area contributed by atoms with Crippen molar-refractivity contribution in [1.29, 1.82) is 0 Å². The van der Waals surface area contributed by atoms with Crippen molar-refractivity contribution < 1.29 is 13.9 Å². The highest BCUT2D eigenvalue weighted by Crippen LogP contribution is 2.28. The molecule has 5 aromatic rings. The molecule has 6 nitrogen and oxygen atoms in total. The van der Waals surface area contributed by atoms with Crippen LogP contribution in [-0.4, -0.2) is 15.9 Å². The first-order valence-corrected chi connectivity index (χ1v) is 9.01. The Balaban J connectivity index is 1.52. The Morgan fingerprint density at radius 1 is 0.931 bits per heavy atom. The van der Waals surface area contributed by atoms with E-state index in [0.29, 0.717) is 27.7 Å². The molecule has 0 aliphatic carbocycles. The van der Waals surface area contributed by atoms with Gasteiger partial charge in [-0.2, -0.15) is 0 Å². The zero-order chi connectivity index (χ0) is 19.8. The number of carbonyl (C=O) groups is 1. The van der Waals surface area contributed by atoms with Crippen LogP contribution in [0.25, 0.3) is 32.8 Å². The fourth-order valence-electron chi connectivity index (χ4n) is 3.45. The van der Waals surface area contributed by atoms with Crippen molar-refractivity contribution in [2.24, 2.45) is 0 Å². The molecular weight excluding hydrogens is 368 g/mol. The lowest BCUT2D eigenvalue weighted by atomic mass is 10.0. The number of ether oxygens (including phenoxy) is 1.